The molecule has 1 fully saturated rings. The van der Waals surface area contributed by atoms with E-state index in [9.17, 15) is 5.11 Å². The molecule has 1 unspecified atom stereocenters. The number of fused-ring (bicyclic) bond motifs is 3. The summed E-state index contributed by atoms with van der Waals surface area (Å²) in [7, 11) is -1.07. The van der Waals surface area contributed by atoms with E-state index in [4.69, 9.17) is 12.9 Å². The van der Waals surface area contributed by atoms with Crippen LogP contribution in [0.5, 0.6) is 11.5 Å². The second kappa shape index (κ2) is 10.4. The minimum Gasteiger partial charge on any atom is -0.507 e. The average Bonchev–Trinajstić information content (AvgIpc) is 3.10. The fourth-order valence-corrected chi connectivity index (χ4v) is 6.60. The van der Waals surface area contributed by atoms with Gasteiger partial charge in [-0.15, -0.1) is 0 Å². The number of hydrogen-bond acceptors (Lipinski definition) is 6. The van der Waals surface area contributed by atoms with Gasteiger partial charge in [0.15, 0.2) is 0 Å². The zero-order valence-electron chi connectivity index (χ0n) is 19.6. The summed E-state index contributed by atoms with van der Waals surface area (Å²) >= 11 is 0. The Kier molecular flexibility index (Phi) is 6.67. The Labute approximate surface area is 212 Å². The number of aromatic hydroxyl groups is 1. The van der Waals surface area contributed by atoms with Gasteiger partial charge in [0.05, 0.1) is 0 Å². The molecule has 1 atom stereocenters. The minimum absolute atomic E-state index is 0.186. The van der Waals surface area contributed by atoms with E-state index < -0.39 is 8.16 Å². The highest BCUT2D eigenvalue weighted by Crippen LogP contribution is 2.40. The van der Waals surface area contributed by atoms with E-state index in [2.05, 4.69) is 21.5 Å². The Bertz CT molecular complexity index is 1490. The van der Waals surface area contributed by atoms with Gasteiger partial charge in [0.25, 0.3) is 0 Å². The van der Waals surface area contributed by atoms with Crippen molar-refractivity contribution >= 4 is 39.1 Å². The van der Waals surface area contributed by atoms with Crippen LogP contribution in [-0.4, -0.2) is 36.0 Å². The molecular formula is C28H26N2O4P2. The van der Waals surface area contributed by atoms with Crippen LogP contribution in [0.25, 0.3) is 33.1 Å². The van der Waals surface area contributed by atoms with Crippen molar-refractivity contribution in [3.05, 3.63) is 97.1 Å². The van der Waals surface area contributed by atoms with Crippen molar-refractivity contribution in [3.63, 3.8) is 0 Å². The maximum atomic E-state index is 10.3. The summed E-state index contributed by atoms with van der Waals surface area (Å²) in [6, 6.07) is 31.5. The molecule has 6 nitrogen and oxygen atoms in total. The third-order valence-electron chi connectivity index (χ3n) is 6.27. The number of rotatable bonds is 5. The van der Waals surface area contributed by atoms with E-state index in [1.54, 1.807) is 6.07 Å². The maximum absolute atomic E-state index is 10.3. The summed E-state index contributed by atoms with van der Waals surface area (Å²) in [5, 5.41) is 12.4. The molecule has 0 spiro atoms. The molecular weight excluding hydrogens is 490 g/mol. The first-order valence-corrected chi connectivity index (χ1v) is 13.9. The molecule has 0 amide bonds. The van der Waals surface area contributed by atoms with Crippen LogP contribution < -0.4 is 9.19 Å². The van der Waals surface area contributed by atoms with Gasteiger partial charge in [0.1, 0.15) is 31.6 Å². The van der Waals surface area contributed by atoms with Crippen LogP contribution in [0.15, 0.2) is 105 Å². The highest BCUT2D eigenvalue weighted by molar-refractivity contribution is 7.39. The molecule has 0 aliphatic carbocycles. The second-order valence-electron chi connectivity index (χ2n) is 8.56. The Morgan fingerprint density at radius 1 is 0.667 bits per heavy atom. The lowest BCUT2D eigenvalue weighted by Gasteiger charge is -2.31. The zero-order chi connectivity index (χ0) is 24.3. The monoisotopic (exact) mass is 516 g/mol. The summed E-state index contributed by atoms with van der Waals surface area (Å²) in [5.41, 5.74) is 3.39. The first-order valence-electron chi connectivity index (χ1n) is 11.9. The van der Waals surface area contributed by atoms with Crippen molar-refractivity contribution in [2.75, 3.05) is 30.8 Å². The minimum atomic E-state index is -1.26. The predicted octanol–water partition coefficient (Wildman–Crippen LogP) is 7.50. The third-order valence-corrected chi connectivity index (χ3v) is 8.85. The number of phenols is 1. The van der Waals surface area contributed by atoms with Crippen molar-refractivity contribution < 1.29 is 18.0 Å². The number of benzene rings is 4. The Balaban J connectivity index is 1.18. The normalized spacial score (nSPS) is 15.1. The highest BCUT2D eigenvalue weighted by Gasteiger charge is 2.23. The van der Waals surface area contributed by atoms with Crippen LogP contribution in [-0.2, 0) is 0 Å². The fraction of sp³-hybridized carbons (Fsp3) is 0.143. The van der Waals surface area contributed by atoms with E-state index in [1.807, 2.05) is 78.9 Å². The summed E-state index contributed by atoms with van der Waals surface area (Å²) < 4.78 is 23.7. The molecule has 1 aliphatic rings. The van der Waals surface area contributed by atoms with Crippen molar-refractivity contribution in [1.29, 1.82) is 0 Å². The van der Waals surface area contributed by atoms with Gasteiger partial charge in [0.2, 0.25) is 0 Å². The van der Waals surface area contributed by atoms with Crippen LogP contribution in [0.3, 0.4) is 0 Å². The molecule has 6 rings (SSSR count). The van der Waals surface area contributed by atoms with Crippen LogP contribution >= 0.6 is 17.1 Å². The number of phenolic OH excluding ortho intramolecular Hbond substituents is 1. The van der Waals surface area contributed by atoms with E-state index in [1.165, 1.54) is 0 Å². The van der Waals surface area contributed by atoms with Gasteiger partial charge < -0.3 is 18.0 Å². The SMILES string of the molecule is Oc1ccccc1-c1ccccc1OPN1CCN(p2oc3ccccc3c3ccccc3o2)CC1. The van der Waals surface area contributed by atoms with Gasteiger partial charge in [-0.2, -0.15) is 0 Å². The first kappa shape index (κ1) is 23.1. The topological polar surface area (TPSA) is 62.2 Å². The third kappa shape index (κ3) is 4.74. The molecule has 1 N–H and O–H groups in total. The summed E-state index contributed by atoms with van der Waals surface area (Å²) in [5.74, 6) is 1.02. The molecule has 1 aliphatic heterocycles. The highest BCUT2D eigenvalue weighted by atomic mass is 31.1. The lowest BCUT2D eigenvalue weighted by Crippen LogP contribution is -2.41. The summed E-state index contributed by atoms with van der Waals surface area (Å²) in [6.07, 6.45) is 0. The maximum Gasteiger partial charge on any atom is 0.309 e. The predicted molar refractivity (Wildman–Crippen MR) is 148 cm³/mol. The van der Waals surface area contributed by atoms with E-state index in [0.717, 1.165) is 65.0 Å². The van der Waals surface area contributed by atoms with E-state index in [-0.39, 0.29) is 14.7 Å². The Morgan fingerprint density at radius 3 is 1.89 bits per heavy atom. The average molecular weight is 516 g/mol. The van der Waals surface area contributed by atoms with Crippen LogP contribution in [0, 0.1) is 0 Å². The van der Waals surface area contributed by atoms with Crippen molar-refractivity contribution in [3.8, 4) is 22.6 Å². The van der Waals surface area contributed by atoms with Crippen LogP contribution in [0.4, 0.5) is 0 Å². The Morgan fingerprint density at radius 2 is 1.22 bits per heavy atom. The molecule has 0 radical (unpaired) electrons. The van der Waals surface area contributed by atoms with E-state index in [0.29, 0.717) is 0 Å². The zero-order valence-corrected chi connectivity index (χ0v) is 21.5. The second-order valence-corrected chi connectivity index (χ2v) is 11.0. The smallest absolute Gasteiger partial charge is 0.309 e. The largest absolute Gasteiger partial charge is 0.507 e. The molecule has 1 aromatic heterocycles. The molecule has 2 heterocycles. The van der Waals surface area contributed by atoms with Gasteiger partial charge in [-0.25, -0.2) is 4.67 Å². The number of nitrogens with zero attached hydrogens (tertiary/aromatic N) is 2. The quantitative estimate of drug-likeness (QED) is 0.244. The van der Waals surface area contributed by atoms with Gasteiger partial charge >= 0.3 is 8.16 Å². The summed E-state index contributed by atoms with van der Waals surface area (Å²) in [4.78, 5) is 0. The lowest BCUT2D eigenvalue weighted by molar-refractivity contribution is 0.399. The van der Waals surface area contributed by atoms with Crippen molar-refractivity contribution in [2.24, 2.45) is 0 Å². The molecule has 1 saturated heterocycles. The summed E-state index contributed by atoms with van der Waals surface area (Å²) in [6.45, 7) is 3.36. The first-order chi connectivity index (χ1) is 17.8. The lowest BCUT2D eigenvalue weighted by atomic mass is 10.0. The molecule has 182 valence electrons. The van der Waals surface area contributed by atoms with Gasteiger partial charge in [-0.3, -0.25) is 4.67 Å². The van der Waals surface area contributed by atoms with E-state index >= 15 is 0 Å². The molecule has 0 saturated carbocycles. The van der Waals surface area contributed by atoms with Gasteiger partial charge in [-0.05, 0) is 24.3 Å². The molecule has 0 bridgehead atoms. The molecule has 8 heteroatoms. The molecule has 4 aromatic carbocycles. The van der Waals surface area contributed by atoms with Gasteiger partial charge in [0, 0.05) is 48.1 Å². The molecule has 36 heavy (non-hydrogen) atoms. The number of para-hydroxylation sites is 4. The van der Waals surface area contributed by atoms with Crippen molar-refractivity contribution in [2.45, 2.75) is 0 Å². The standard InChI is InChI=1S/C28H26N2O4P2/c31-25-13-5-1-9-21(25)22-10-2-6-14-26(22)32-35-29-17-19-30(20-18-29)36-33-27-15-7-3-11-23(27)24-12-4-8-16-28(24)34-36/h1-16,31,35H,17-20H2. The fourth-order valence-electron chi connectivity index (χ4n) is 4.38. The molecule has 5 aromatic rings. The van der Waals surface area contributed by atoms with Crippen LogP contribution in [0.1, 0.15) is 0 Å². The Hall–Kier alpha value is -3.27. The van der Waals surface area contributed by atoms with Crippen LogP contribution in [0.2, 0.25) is 0 Å². The number of hydrogen-bond donors (Lipinski definition) is 1. The van der Waals surface area contributed by atoms with Gasteiger partial charge in [-0.1, -0.05) is 72.8 Å². The number of piperazine rings is 1. The van der Waals surface area contributed by atoms with Crippen molar-refractivity contribution in [1.82, 2.24) is 4.67 Å².